The molecule has 0 bridgehead atoms. The summed E-state index contributed by atoms with van der Waals surface area (Å²) < 4.78 is 0. The van der Waals surface area contributed by atoms with Crippen molar-refractivity contribution in [1.82, 2.24) is 10.3 Å². The summed E-state index contributed by atoms with van der Waals surface area (Å²) in [6.45, 7) is 0. The Morgan fingerprint density at radius 3 is 2.59 bits per heavy atom. The maximum absolute atomic E-state index is 12.4. The summed E-state index contributed by atoms with van der Waals surface area (Å²) in [6.07, 6.45) is 4.04. The number of aryl methyl sites for hydroxylation is 1. The lowest BCUT2D eigenvalue weighted by Gasteiger charge is -2.18. The van der Waals surface area contributed by atoms with Gasteiger partial charge in [0.1, 0.15) is 0 Å². The van der Waals surface area contributed by atoms with E-state index < -0.39 is 5.97 Å². The Balaban J connectivity index is 1.56. The number of carbonyl (C=O) groups excluding carboxylic acids is 1. The minimum absolute atomic E-state index is 0.0436. The zero-order valence-corrected chi connectivity index (χ0v) is 15.2. The Labute approximate surface area is 158 Å². The molecule has 1 unspecified atom stereocenters. The monoisotopic (exact) mass is 364 g/mol. The van der Waals surface area contributed by atoms with Crippen LogP contribution in [0.1, 0.15) is 30.4 Å². The molecular formula is C22H24N2O3. The molecule has 0 aliphatic rings. The number of hydrogen-bond acceptors (Lipinski definition) is 2. The van der Waals surface area contributed by atoms with E-state index in [2.05, 4.69) is 16.4 Å². The van der Waals surface area contributed by atoms with Gasteiger partial charge in [-0.3, -0.25) is 9.59 Å². The van der Waals surface area contributed by atoms with Gasteiger partial charge < -0.3 is 15.4 Å². The highest BCUT2D eigenvalue weighted by Crippen LogP contribution is 2.15. The van der Waals surface area contributed by atoms with Gasteiger partial charge in [-0.25, -0.2) is 0 Å². The Bertz CT molecular complexity index is 902. The molecule has 0 saturated heterocycles. The Morgan fingerprint density at radius 1 is 1.00 bits per heavy atom. The molecule has 3 aromatic rings. The van der Waals surface area contributed by atoms with E-state index in [1.54, 1.807) is 0 Å². The molecule has 5 nitrogen and oxygen atoms in total. The van der Waals surface area contributed by atoms with Crippen LogP contribution in [0.4, 0.5) is 0 Å². The fourth-order valence-corrected chi connectivity index (χ4v) is 3.24. The Kier molecular flexibility index (Phi) is 6.26. The van der Waals surface area contributed by atoms with Gasteiger partial charge >= 0.3 is 5.97 Å². The maximum Gasteiger partial charge on any atom is 0.303 e. The minimum atomic E-state index is -0.845. The van der Waals surface area contributed by atoms with Gasteiger partial charge in [-0.05, 0) is 54.0 Å². The number of carboxylic acid groups (broad SMARTS) is 1. The quantitative estimate of drug-likeness (QED) is 0.541. The van der Waals surface area contributed by atoms with Gasteiger partial charge in [-0.1, -0.05) is 36.4 Å². The molecule has 140 valence electrons. The van der Waals surface area contributed by atoms with Crippen molar-refractivity contribution < 1.29 is 14.7 Å². The van der Waals surface area contributed by atoms with Crippen molar-refractivity contribution in [1.29, 1.82) is 0 Å². The zero-order chi connectivity index (χ0) is 19.1. The van der Waals surface area contributed by atoms with Crippen molar-refractivity contribution in [3.63, 3.8) is 0 Å². The second kappa shape index (κ2) is 9.03. The fourth-order valence-electron chi connectivity index (χ4n) is 3.24. The third kappa shape index (κ3) is 5.71. The normalized spacial score (nSPS) is 12.0. The summed E-state index contributed by atoms with van der Waals surface area (Å²) in [5, 5.41) is 13.1. The fraction of sp³-hybridized carbons (Fsp3) is 0.273. The zero-order valence-electron chi connectivity index (χ0n) is 15.2. The average molecular weight is 364 g/mol. The summed E-state index contributed by atoms with van der Waals surface area (Å²) in [5.74, 6) is -0.891. The summed E-state index contributed by atoms with van der Waals surface area (Å²) in [6, 6.07) is 17.8. The second-order valence-electron chi connectivity index (χ2n) is 6.79. The molecule has 0 aliphatic heterocycles. The van der Waals surface area contributed by atoms with Crippen LogP contribution >= 0.6 is 0 Å². The molecule has 1 amide bonds. The van der Waals surface area contributed by atoms with Crippen LogP contribution in [0.3, 0.4) is 0 Å². The van der Waals surface area contributed by atoms with Crippen LogP contribution in [0.25, 0.3) is 10.9 Å². The number of fused-ring (bicyclic) bond motifs is 1. The summed E-state index contributed by atoms with van der Waals surface area (Å²) >= 11 is 0. The van der Waals surface area contributed by atoms with Crippen molar-refractivity contribution in [2.45, 2.75) is 38.1 Å². The predicted octanol–water partition coefficient (Wildman–Crippen LogP) is 3.69. The van der Waals surface area contributed by atoms with Crippen LogP contribution in [0, 0.1) is 0 Å². The number of amides is 1. The number of carboxylic acids is 1. The van der Waals surface area contributed by atoms with Crippen molar-refractivity contribution in [3.8, 4) is 0 Å². The molecule has 0 aliphatic carbocycles. The van der Waals surface area contributed by atoms with Gasteiger partial charge in [-0.2, -0.15) is 0 Å². The molecule has 1 aromatic heterocycles. The number of aliphatic carboxylic acids is 1. The van der Waals surface area contributed by atoms with Gasteiger partial charge in [0.15, 0.2) is 0 Å². The molecule has 0 saturated carbocycles. The smallest absolute Gasteiger partial charge is 0.303 e. The third-order valence-electron chi connectivity index (χ3n) is 4.66. The molecule has 5 heteroatoms. The first-order valence-corrected chi connectivity index (χ1v) is 9.21. The summed E-state index contributed by atoms with van der Waals surface area (Å²) in [7, 11) is 0. The van der Waals surface area contributed by atoms with Crippen molar-refractivity contribution in [2.24, 2.45) is 0 Å². The Hall–Kier alpha value is -3.08. The topological polar surface area (TPSA) is 82.2 Å². The van der Waals surface area contributed by atoms with Gasteiger partial charge in [0.05, 0.1) is 0 Å². The summed E-state index contributed by atoms with van der Waals surface area (Å²) in [4.78, 5) is 26.5. The number of nitrogens with one attached hydrogen (secondary N) is 2. The molecule has 27 heavy (non-hydrogen) atoms. The number of aromatic amines is 1. The number of H-pyrrole nitrogens is 1. The van der Waals surface area contributed by atoms with E-state index in [-0.39, 0.29) is 18.4 Å². The van der Waals surface area contributed by atoms with E-state index >= 15 is 0 Å². The third-order valence-corrected chi connectivity index (χ3v) is 4.66. The van der Waals surface area contributed by atoms with Crippen LogP contribution < -0.4 is 5.32 Å². The summed E-state index contributed by atoms with van der Waals surface area (Å²) in [5.41, 5.74) is 3.29. The average Bonchev–Trinajstić information content (AvgIpc) is 3.13. The molecule has 2 aromatic carbocycles. The highest BCUT2D eigenvalue weighted by Gasteiger charge is 2.15. The number of rotatable bonds is 9. The van der Waals surface area contributed by atoms with Crippen LogP contribution in [0.2, 0.25) is 0 Å². The molecule has 0 fully saturated rings. The SMILES string of the molecule is O=C(O)CCC(Cc1ccccc1)NC(=O)CCc1ccc2[nH]ccc2c1. The first-order chi connectivity index (χ1) is 13.1. The molecule has 0 spiro atoms. The molecule has 3 rings (SSSR count). The highest BCUT2D eigenvalue weighted by atomic mass is 16.4. The number of carbonyl (C=O) groups is 2. The lowest BCUT2D eigenvalue weighted by atomic mass is 10.0. The van der Waals surface area contributed by atoms with Gasteiger partial charge in [0.25, 0.3) is 0 Å². The first kappa shape index (κ1) is 18.7. The van der Waals surface area contributed by atoms with Crippen molar-refractivity contribution in [3.05, 3.63) is 71.9 Å². The van der Waals surface area contributed by atoms with E-state index in [1.807, 2.05) is 54.7 Å². The van der Waals surface area contributed by atoms with Crippen LogP contribution in [0.15, 0.2) is 60.8 Å². The van der Waals surface area contributed by atoms with E-state index in [9.17, 15) is 9.59 Å². The predicted molar refractivity (Wildman–Crippen MR) is 106 cm³/mol. The molecule has 3 N–H and O–H groups in total. The van der Waals surface area contributed by atoms with E-state index in [0.717, 1.165) is 22.0 Å². The van der Waals surface area contributed by atoms with Gasteiger partial charge in [0, 0.05) is 30.6 Å². The first-order valence-electron chi connectivity index (χ1n) is 9.21. The van der Waals surface area contributed by atoms with E-state index in [1.165, 1.54) is 0 Å². The van der Waals surface area contributed by atoms with E-state index in [0.29, 0.717) is 25.7 Å². The minimum Gasteiger partial charge on any atom is -0.481 e. The Morgan fingerprint density at radius 2 is 1.81 bits per heavy atom. The second-order valence-corrected chi connectivity index (χ2v) is 6.79. The highest BCUT2D eigenvalue weighted by molar-refractivity contribution is 5.80. The van der Waals surface area contributed by atoms with Gasteiger partial charge in [-0.15, -0.1) is 0 Å². The molecule has 1 heterocycles. The maximum atomic E-state index is 12.4. The van der Waals surface area contributed by atoms with E-state index in [4.69, 9.17) is 5.11 Å². The van der Waals surface area contributed by atoms with Gasteiger partial charge in [0.2, 0.25) is 5.91 Å². The molecule has 1 atom stereocenters. The molecule has 0 radical (unpaired) electrons. The number of aromatic nitrogens is 1. The van der Waals surface area contributed by atoms with Crippen molar-refractivity contribution in [2.75, 3.05) is 0 Å². The standard InChI is InChI=1S/C22H24N2O3/c25-21(10-7-17-6-9-20-18(14-17)12-13-23-20)24-19(8-11-22(26)27)15-16-4-2-1-3-5-16/h1-6,9,12-14,19,23H,7-8,10-11,15H2,(H,24,25)(H,26,27). The lowest BCUT2D eigenvalue weighted by molar-refractivity contribution is -0.137. The van der Waals surface area contributed by atoms with Crippen LogP contribution in [-0.2, 0) is 22.4 Å². The van der Waals surface area contributed by atoms with Crippen LogP contribution in [0.5, 0.6) is 0 Å². The largest absolute Gasteiger partial charge is 0.481 e. The molecular weight excluding hydrogens is 340 g/mol. The number of benzene rings is 2. The lowest BCUT2D eigenvalue weighted by Crippen LogP contribution is -2.37. The van der Waals surface area contributed by atoms with Crippen LogP contribution in [-0.4, -0.2) is 28.0 Å². The van der Waals surface area contributed by atoms with Crippen molar-refractivity contribution >= 4 is 22.8 Å². The number of hydrogen-bond donors (Lipinski definition) is 3.